The third-order valence-electron chi connectivity index (χ3n) is 9.08. The molecule has 1 atom stereocenters. The van der Waals surface area contributed by atoms with Crippen molar-refractivity contribution < 1.29 is 23.5 Å². The molecule has 0 N–H and O–H groups in total. The predicted molar refractivity (Wildman–Crippen MR) is 121 cm³/mol. The number of hydrogen-bond acceptors (Lipinski definition) is 4. The first-order valence-electron chi connectivity index (χ1n) is 12.8. The van der Waals surface area contributed by atoms with Gasteiger partial charge in [0.05, 0.1) is 25.7 Å². The molecule has 1 saturated heterocycles. The zero-order chi connectivity index (χ0) is 22.7. The molecule has 1 heterocycles. The summed E-state index contributed by atoms with van der Waals surface area (Å²) in [7, 11) is 1.34. The molecular formula is C27H34FNO4. The van der Waals surface area contributed by atoms with Gasteiger partial charge in [0.15, 0.2) is 0 Å². The molecule has 1 amide bonds. The highest BCUT2D eigenvalue weighted by molar-refractivity contribution is 5.96. The van der Waals surface area contributed by atoms with Crippen LogP contribution in [0.2, 0.25) is 0 Å². The van der Waals surface area contributed by atoms with Crippen LogP contribution in [0, 0.1) is 29.0 Å². The maximum Gasteiger partial charge on any atom is 0.307 e. The Labute approximate surface area is 195 Å². The zero-order valence-electron chi connectivity index (χ0n) is 19.5. The molecule has 5 aliphatic carbocycles. The largest absolute Gasteiger partial charge is 0.493 e. The fourth-order valence-electron chi connectivity index (χ4n) is 7.62. The Balaban J connectivity index is 1.20. The van der Waals surface area contributed by atoms with E-state index in [9.17, 15) is 9.59 Å². The number of carbonyl (C=O) groups excluding carboxylic acids is 2. The number of nitrogens with zero attached hydrogens (tertiary/aromatic N) is 1. The molecule has 0 spiro atoms. The number of amides is 1. The van der Waals surface area contributed by atoms with Crippen molar-refractivity contribution in [1.29, 1.82) is 0 Å². The summed E-state index contributed by atoms with van der Waals surface area (Å²) in [5, 5.41) is 0. The number of hydrogen-bond donors (Lipinski definition) is 0. The second-order valence-corrected chi connectivity index (χ2v) is 11.6. The summed E-state index contributed by atoms with van der Waals surface area (Å²) in [6.07, 6.45) is 11.0. The molecule has 178 valence electrons. The number of carbonyl (C=O) groups is 2. The quantitative estimate of drug-likeness (QED) is 0.539. The fraction of sp³-hybridized carbons (Fsp3) is 0.704. The van der Waals surface area contributed by atoms with Gasteiger partial charge in [0.25, 0.3) is 5.91 Å². The molecule has 5 saturated carbocycles. The molecule has 5 nitrogen and oxygen atoms in total. The van der Waals surface area contributed by atoms with Gasteiger partial charge in [-0.15, -0.1) is 0 Å². The Kier molecular flexibility index (Phi) is 5.19. The number of rotatable bonds is 7. The SMILES string of the molecule is COC(=O)CC1CCN1C(=O)c1cc(C2CC2)c(OCC23CC4CC(CC(C4)C2)C3)cc1F. The first-order chi connectivity index (χ1) is 15.9. The molecule has 0 radical (unpaired) electrons. The van der Waals surface area contributed by atoms with Gasteiger partial charge < -0.3 is 14.4 Å². The molecule has 1 aliphatic heterocycles. The average Bonchev–Trinajstić information content (AvgIpc) is 3.59. The van der Waals surface area contributed by atoms with E-state index in [1.807, 2.05) is 0 Å². The lowest BCUT2D eigenvalue weighted by molar-refractivity contribution is -0.142. The highest BCUT2D eigenvalue weighted by atomic mass is 19.1. The van der Waals surface area contributed by atoms with Gasteiger partial charge in [-0.2, -0.15) is 0 Å². The van der Waals surface area contributed by atoms with Crippen LogP contribution in [0.25, 0.3) is 0 Å². The van der Waals surface area contributed by atoms with Crippen molar-refractivity contribution in [3.8, 4) is 5.75 Å². The summed E-state index contributed by atoms with van der Waals surface area (Å²) in [6.45, 7) is 1.22. The van der Waals surface area contributed by atoms with E-state index in [1.54, 1.807) is 11.0 Å². The molecule has 6 heteroatoms. The normalized spacial score (nSPS) is 34.2. The van der Waals surface area contributed by atoms with Crippen molar-refractivity contribution >= 4 is 11.9 Å². The van der Waals surface area contributed by atoms with Gasteiger partial charge in [0.1, 0.15) is 11.6 Å². The van der Waals surface area contributed by atoms with Crippen LogP contribution in [0.1, 0.15) is 86.0 Å². The molecular weight excluding hydrogens is 421 g/mol. The van der Waals surface area contributed by atoms with Crippen molar-refractivity contribution in [3.63, 3.8) is 0 Å². The third kappa shape index (κ3) is 3.93. The Bertz CT molecular complexity index is 936. The Morgan fingerprint density at radius 2 is 1.73 bits per heavy atom. The molecule has 4 bridgehead atoms. The van der Waals surface area contributed by atoms with E-state index < -0.39 is 5.82 Å². The molecule has 1 aromatic carbocycles. The van der Waals surface area contributed by atoms with Crippen LogP contribution in [-0.4, -0.2) is 43.1 Å². The van der Waals surface area contributed by atoms with Gasteiger partial charge >= 0.3 is 5.97 Å². The number of methoxy groups -OCH3 is 1. The summed E-state index contributed by atoms with van der Waals surface area (Å²) in [5.74, 6) is 2.36. The van der Waals surface area contributed by atoms with Crippen molar-refractivity contribution in [1.82, 2.24) is 4.90 Å². The standard InChI is InChI=1S/C27H34FNO4/c1-32-25(30)9-20-4-5-29(20)26(31)22-10-21(19-2-3-19)24(11-23(22)28)33-15-27-12-16-6-17(13-27)8-18(7-16)14-27/h10-11,16-20H,2-9,12-15H2,1H3. The van der Waals surface area contributed by atoms with Crippen LogP contribution >= 0.6 is 0 Å². The van der Waals surface area contributed by atoms with Crippen LogP contribution in [-0.2, 0) is 9.53 Å². The minimum absolute atomic E-state index is 0.105. The van der Waals surface area contributed by atoms with Gasteiger partial charge in [-0.05, 0) is 93.1 Å². The second kappa shape index (κ2) is 7.99. The molecule has 1 aromatic rings. The van der Waals surface area contributed by atoms with Gasteiger partial charge in [0, 0.05) is 24.1 Å². The lowest BCUT2D eigenvalue weighted by atomic mass is 9.50. The molecule has 0 aromatic heterocycles. The van der Waals surface area contributed by atoms with Gasteiger partial charge in [0.2, 0.25) is 0 Å². The summed E-state index contributed by atoms with van der Waals surface area (Å²) >= 11 is 0. The highest BCUT2D eigenvalue weighted by Crippen LogP contribution is 2.60. The first-order valence-corrected chi connectivity index (χ1v) is 12.8. The topological polar surface area (TPSA) is 55.8 Å². The molecule has 1 unspecified atom stereocenters. The molecule has 33 heavy (non-hydrogen) atoms. The monoisotopic (exact) mass is 455 g/mol. The average molecular weight is 456 g/mol. The lowest BCUT2D eigenvalue weighted by Gasteiger charge is -2.56. The zero-order valence-corrected chi connectivity index (χ0v) is 19.5. The van der Waals surface area contributed by atoms with E-state index >= 15 is 4.39 Å². The Morgan fingerprint density at radius 1 is 1.06 bits per heavy atom. The third-order valence-corrected chi connectivity index (χ3v) is 9.08. The van der Waals surface area contributed by atoms with Crippen LogP contribution < -0.4 is 4.74 Å². The lowest BCUT2D eigenvalue weighted by Crippen LogP contribution is -2.52. The summed E-state index contributed by atoms with van der Waals surface area (Å²) in [5.41, 5.74) is 1.35. The number of ether oxygens (including phenoxy) is 2. The van der Waals surface area contributed by atoms with Crippen molar-refractivity contribution in [2.45, 2.75) is 76.2 Å². The van der Waals surface area contributed by atoms with Crippen LogP contribution in [0.3, 0.4) is 0 Å². The van der Waals surface area contributed by atoms with E-state index in [4.69, 9.17) is 9.47 Å². The maximum absolute atomic E-state index is 15.2. The molecule has 7 rings (SSSR count). The van der Waals surface area contributed by atoms with E-state index in [0.29, 0.717) is 24.8 Å². The minimum atomic E-state index is -0.520. The number of esters is 1. The van der Waals surface area contributed by atoms with Gasteiger partial charge in [-0.25, -0.2) is 4.39 Å². The predicted octanol–water partition coefficient (Wildman–Crippen LogP) is 5.08. The first kappa shape index (κ1) is 21.4. The Hall–Kier alpha value is -2.11. The summed E-state index contributed by atoms with van der Waals surface area (Å²) < 4.78 is 26.3. The fourth-order valence-corrected chi connectivity index (χ4v) is 7.62. The van der Waals surface area contributed by atoms with Crippen LogP contribution in [0.15, 0.2) is 12.1 Å². The molecule has 6 fully saturated rings. The molecule has 6 aliphatic rings. The van der Waals surface area contributed by atoms with E-state index in [2.05, 4.69) is 0 Å². The van der Waals surface area contributed by atoms with Gasteiger partial charge in [-0.3, -0.25) is 9.59 Å². The maximum atomic E-state index is 15.2. The number of likely N-dealkylation sites (tertiary alicyclic amines) is 1. The van der Waals surface area contributed by atoms with Crippen molar-refractivity contribution in [3.05, 3.63) is 29.1 Å². The van der Waals surface area contributed by atoms with Crippen molar-refractivity contribution in [2.75, 3.05) is 20.3 Å². The minimum Gasteiger partial charge on any atom is -0.493 e. The highest BCUT2D eigenvalue weighted by Gasteiger charge is 2.51. The smallest absolute Gasteiger partial charge is 0.307 e. The van der Waals surface area contributed by atoms with Gasteiger partial charge in [-0.1, -0.05) is 0 Å². The van der Waals surface area contributed by atoms with Crippen molar-refractivity contribution in [2.24, 2.45) is 23.2 Å². The summed E-state index contributed by atoms with van der Waals surface area (Å²) in [4.78, 5) is 26.3. The van der Waals surface area contributed by atoms with E-state index in [-0.39, 0.29) is 35.3 Å². The van der Waals surface area contributed by atoms with E-state index in [0.717, 1.165) is 42.6 Å². The van der Waals surface area contributed by atoms with Crippen LogP contribution in [0.4, 0.5) is 4.39 Å². The second-order valence-electron chi connectivity index (χ2n) is 11.6. The van der Waals surface area contributed by atoms with Crippen LogP contribution in [0.5, 0.6) is 5.75 Å². The summed E-state index contributed by atoms with van der Waals surface area (Å²) in [6, 6.07) is 2.98. The number of benzene rings is 1. The van der Waals surface area contributed by atoms with E-state index in [1.165, 1.54) is 51.7 Å². The Morgan fingerprint density at radius 3 is 2.27 bits per heavy atom. The number of halogens is 1.